The SMILES string of the molecule is COc1ccccc1NC(=O)c1ccc(NC(=O)c2ccc3c(c2)S(=O)(=O)c2ccccc2C3=O)cc1. The quantitative estimate of drug-likeness (QED) is 0.356. The third kappa shape index (κ3) is 4.36. The van der Waals surface area contributed by atoms with Crippen molar-refractivity contribution in [2.75, 3.05) is 17.7 Å². The van der Waals surface area contributed by atoms with E-state index >= 15 is 0 Å². The van der Waals surface area contributed by atoms with Gasteiger partial charge in [0.2, 0.25) is 9.84 Å². The fraction of sp³-hybridized carbons (Fsp3) is 0.0357. The largest absolute Gasteiger partial charge is 0.495 e. The smallest absolute Gasteiger partial charge is 0.255 e. The molecule has 4 aromatic rings. The standard InChI is InChI=1S/C28H20N2O6S/c1-36-23-8-4-3-7-22(23)30-27(32)17-10-13-19(14-11-17)29-28(33)18-12-15-21-25(16-18)37(34,35)24-9-5-2-6-20(24)26(21)31/h2-16H,1H3,(H,29,33)(H,30,32). The van der Waals surface area contributed by atoms with Crippen LogP contribution in [0.3, 0.4) is 0 Å². The van der Waals surface area contributed by atoms with Crippen LogP contribution in [0.4, 0.5) is 11.4 Å². The van der Waals surface area contributed by atoms with Gasteiger partial charge in [-0.1, -0.05) is 24.3 Å². The first kappa shape index (κ1) is 24.0. The average Bonchev–Trinajstić information content (AvgIpc) is 2.92. The number of benzene rings is 4. The molecule has 0 atom stereocenters. The molecule has 0 spiro atoms. The lowest BCUT2D eigenvalue weighted by atomic mass is 10.0. The zero-order chi connectivity index (χ0) is 26.2. The van der Waals surface area contributed by atoms with E-state index in [0.29, 0.717) is 22.7 Å². The molecule has 2 amide bonds. The highest BCUT2D eigenvalue weighted by Gasteiger charge is 2.35. The summed E-state index contributed by atoms with van der Waals surface area (Å²) < 4.78 is 31.5. The molecular formula is C28H20N2O6S. The maximum Gasteiger partial charge on any atom is 0.255 e. The minimum absolute atomic E-state index is 0.0284. The maximum atomic E-state index is 13.1. The summed E-state index contributed by atoms with van der Waals surface area (Å²) in [4.78, 5) is 38.0. The van der Waals surface area contributed by atoms with Crippen LogP contribution in [-0.2, 0) is 9.84 Å². The van der Waals surface area contributed by atoms with E-state index < -0.39 is 21.5 Å². The third-order valence-electron chi connectivity index (χ3n) is 5.96. The van der Waals surface area contributed by atoms with Crippen molar-refractivity contribution in [3.05, 3.63) is 113 Å². The van der Waals surface area contributed by atoms with Crippen LogP contribution in [0.25, 0.3) is 0 Å². The van der Waals surface area contributed by atoms with Crippen molar-refractivity contribution in [1.29, 1.82) is 0 Å². The maximum absolute atomic E-state index is 13.1. The monoisotopic (exact) mass is 512 g/mol. The van der Waals surface area contributed by atoms with Crippen LogP contribution in [0, 0.1) is 0 Å². The number of fused-ring (bicyclic) bond motifs is 2. The second-order valence-corrected chi connectivity index (χ2v) is 10.1. The van der Waals surface area contributed by atoms with Gasteiger partial charge in [-0.25, -0.2) is 8.42 Å². The summed E-state index contributed by atoms with van der Waals surface area (Å²) in [7, 11) is -2.45. The Bertz CT molecular complexity index is 1680. The summed E-state index contributed by atoms with van der Waals surface area (Å²) >= 11 is 0. The fourth-order valence-corrected chi connectivity index (χ4v) is 5.75. The van der Waals surface area contributed by atoms with Crippen molar-refractivity contribution in [1.82, 2.24) is 0 Å². The molecule has 9 heteroatoms. The lowest BCUT2D eigenvalue weighted by Crippen LogP contribution is -2.21. The Kier molecular flexibility index (Phi) is 6.06. The van der Waals surface area contributed by atoms with Crippen LogP contribution in [0.1, 0.15) is 36.6 Å². The summed E-state index contributed by atoms with van der Waals surface area (Å²) in [6.07, 6.45) is 0. The minimum Gasteiger partial charge on any atom is -0.495 e. The normalized spacial score (nSPS) is 13.2. The summed E-state index contributed by atoms with van der Waals surface area (Å²) in [6, 6.07) is 23.2. The molecule has 184 valence electrons. The van der Waals surface area contributed by atoms with Crippen molar-refractivity contribution in [2.45, 2.75) is 9.79 Å². The highest BCUT2D eigenvalue weighted by molar-refractivity contribution is 7.91. The molecule has 5 rings (SSSR count). The second-order valence-electron chi connectivity index (χ2n) is 8.23. The molecule has 1 heterocycles. The van der Waals surface area contributed by atoms with Crippen LogP contribution in [0.15, 0.2) is 101 Å². The van der Waals surface area contributed by atoms with Gasteiger partial charge in [-0.2, -0.15) is 0 Å². The van der Waals surface area contributed by atoms with Gasteiger partial charge in [-0.05, 0) is 66.7 Å². The fourth-order valence-electron chi connectivity index (χ4n) is 4.08. The first-order valence-electron chi connectivity index (χ1n) is 11.2. The molecular weight excluding hydrogens is 492 g/mol. The molecule has 1 aliphatic heterocycles. The number of carbonyl (C=O) groups excluding carboxylic acids is 3. The number of methoxy groups -OCH3 is 1. The van der Waals surface area contributed by atoms with E-state index in [0.717, 1.165) is 0 Å². The van der Waals surface area contributed by atoms with Gasteiger partial charge in [-0.15, -0.1) is 0 Å². The number of ketones is 1. The van der Waals surface area contributed by atoms with Crippen LogP contribution in [0.5, 0.6) is 5.75 Å². The molecule has 0 saturated heterocycles. The Labute approximate surface area is 212 Å². The van der Waals surface area contributed by atoms with E-state index in [2.05, 4.69) is 10.6 Å². The Morgan fingerprint density at radius 2 is 1.32 bits per heavy atom. The van der Waals surface area contributed by atoms with Gasteiger partial charge in [0.05, 0.1) is 22.6 Å². The molecule has 8 nitrogen and oxygen atoms in total. The molecule has 0 radical (unpaired) electrons. The van der Waals surface area contributed by atoms with Gasteiger partial charge in [0, 0.05) is 27.9 Å². The molecule has 0 aromatic heterocycles. The number of nitrogens with one attached hydrogen (secondary N) is 2. The highest BCUT2D eigenvalue weighted by Crippen LogP contribution is 2.35. The first-order valence-corrected chi connectivity index (χ1v) is 12.7. The van der Waals surface area contributed by atoms with Crippen LogP contribution in [-0.4, -0.2) is 33.1 Å². The topological polar surface area (TPSA) is 119 Å². The minimum atomic E-state index is -3.96. The molecule has 0 bridgehead atoms. The molecule has 37 heavy (non-hydrogen) atoms. The summed E-state index contributed by atoms with van der Waals surface area (Å²) in [5, 5.41) is 5.46. The van der Waals surface area contributed by atoms with E-state index in [4.69, 9.17) is 4.74 Å². The molecule has 1 aliphatic rings. The van der Waals surface area contributed by atoms with Crippen molar-refractivity contribution < 1.29 is 27.5 Å². The molecule has 0 aliphatic carbocycles. The number of anilines is 2. The van der Waals surface area contributed by atoms with Crippen molar-refractivity contribution in [3.8, 4) is 5.75 Å². The van der Waals surface area contributed by atoms with Gasteiger partial charge >= 0.3 is 0 Å². The Balaban J connectivity index is 1.34. The predicted molar refractivity (Wildman–Crippen MR) is 137 cm³/mol. The van der Waals surface area contributed by atoms with E-state index in [-0.39, 0.29) is 32.4 Å². The van der Waals surface area contributed by atoms with Gasteiger partial charge in [0.25, 0.3) is 11.8 Å². The molecule has 4 aromatic carbocycles. The van der Waals surface area contributed by atoms with Crippen LogP contribution < -0.4 is 15.4 Å². The number of para-hydroxylation sites is 2. The lowest BCUT2D eigenvalue weighted by Gasteiger charge is -2.19. The Hall–Kier alpha value is -4.76. The van der Waals surface area contributed by atoms with Crippen molar-refractivity contribution >= 4 is 38.8 Å². The van der Waals surface area contributed by atoms with E-state index in [1.807, 2.05) is 0 Å². The lowest BCUT2D eigenvalue weighted by molar-refractivity contribution is 0.101. The van der Waals surface area contributed by atoms with Crippen LogP contribution >= 0.6 is 0 Å². The Morgan fingerprint density at radius 1 is 0.703 bits per heavy atom. The molecule has 2 N–H and O–H groups in total. The third-order valence-corrected chi connectivity index (χ3v) is 7.81. The Morgan fingerprint density at radius 3 is 2.08 bits per heavy atom. The van der Waals surface area contributed by atoms with Crippen molar-refractivity contribution in [2.24, 2.45) is 0 Å². The first-order chi connectivity index (χ1) is 17.8. The molecule has 0 fully saturated rings. The zero-order valence-electron chi connectivity index (χ0n) is 19.5. The number of sulfone groups is 1. The molecule has 0 unspecified atom stereocenters. The van der Waals surface area contributed by atoms with Gasteiger partial charge in [0.15, 0.2) is 5.78 Å². The number of amides is 2. The number of hydrogen-bond donors (Lipinski definition) is 2. The van der Waals surface area contributed by atoms with Gasteiger partial charge in [0.1, 0.15) is 5.75 Å². The zero-order valence-corrected chi connectivity index (χ0v) is 20.3. The van der Waals surface area contributed by atoms with E-state index in [1.165, 1.54) is 37.4 Å². The summed E-state index contributed by atoms with van der Waals surface area (Å²) in [5.41, 5.74) is 1.51. The summed E-state index contributed by atoms with van der Waals surface area (Å²) in [5.74, 6) is -0.797. The predicted octanol–water partition coefficient (Wildman–Crippen LogP) is 4.58. The van der Waals surface area contributed by atoms with Crippen LogP contribution in [0.2, 0.25) is 0 Å². The summed E-state index contributed by atoms with van der Waals surface area (Å²) in [6.45, 7) is 0. The van der Waals surface area contributed by atoms with Gasteiger partial charge < -0.3 is 15.4 Å². The molecule has 0 saturated carbocycles. The second kappa shape index (κ2) is 9.36. The highest BCUT2D eigenvalue weighted by atomic mass is 32.2. The van der Waals surface area contributed by atoms with Gasteiger partial charge in [-0.3, -0.25) is 14.4 Å². The van der Waals surface area contributed by atoms with E-state index in [1.54, 1.807) is 60.7 Å². The number of carbonyl (C=O) groups is 3. The number of hydrogen-bond acceptors (Lipinski definition) is 6. The van der Waals surface area contributed by atoms with Crippen molar-refractivity contribution in [3.63, 3.8) is 0 Å². The van der Waals surface area contributed by atoms with E-state index in [9.17, 15) is 22.8 Å². The number of rotatable bonds is 5. The number of ether oxygens (including phenoxy) is 1. The average molecular weight is 513 g/mol.